The third-order valence-electron chi connectivity index (χ3n) is 3.94. The van der Waals surface area contributed by atoms with Gasteiger partial charge in [-0.2, -0.15) is 0 Å². The van der Waals surface area contributed by atoms with E-state index in [1.54, 1.807) is 0 Å². The Bertz CT molecular complexity index is 915. The topological polar surface area (TPSA) is 80.9 Å². The first-order valence-corrected chi connectivity index (χ1v) is 8.28. The van der Waals surface area contributed by atoms with E-state index < -0.39 is 0 Å². The molecule has 0 fully saturated rings. The van der Waals surface area contributed by atoms with E-state index in [2.05, 4.69) is 9.97 Å². The van der Waals surface area contributed by atoms with Crippen molar-refractivity contribution in [2.24, 2.45) is 0 Å². The maximum absolute atomic E-state index is 12.3. The standard InChI is InChI=1S/C18H20N4O3/c1-14(23)25-10-6-5-9-21-13-22(11-15-7-3-2-4-8-15)16-17(21)19-12-20-18(16)24/h2-4,7-8,12-13H,5-6,9-11H2,1H3/p+1. The smallest absolute Gasteiger partial charge is 0.309 e. The fourth-order valence-corrected chi connectivity index (χ4v) is 2.80. The lowest BCUT2D eigenvalue weighted by Crippen LogP contribution is -2.33. The van der Waals surface area contributed by atoms with Crippen molar-refractivity contribution in [2.75, 3.05) is 6.61 Å². The highest BCUT2D eigenvalue weighted by atomic mass is 16.5. The minimum atomic E-state index is -0.264. The van der Waals surface area contributed by atoms with Gasteiger partial charge in [0.1, 0.15) is 0 Å². The second-order valence-corrected chi connectivity index (χ2v) is 5.87. The molecule has 0 aliphatic rings. The molecule has 7 heteroatoms. The van der Waals surface area contributed by atoms with Crippen LogP contribution in [0.1, 0.15) is 25.3 Å². The lowest BCUT2D eigenvalue weighted by molar-refractivity contribution is -0.674. The van der Waals surface area contributed by atoms with Gasteiger partial charge in [0, 0.05) is 6.92 Å². The summed E-state index contributed by atoms with van der Waals surface area (Å²) in [7, 11) is 0. The maximum Gasteiger partial charge on any atom is 0.309 e. The van der Waals surface area contributed by atoms with Gasteiger partial charge in [-0.05, 0) is 18.4 Å². The van der Waals surface area contributed by atoms with Crippen LogP contribution in [-0.2, 0) is 22.6 Å². The highest BCUT2D eigenvalue weighted by molar-refractivity contribution is 5.66. The number of esters is 1. The van der Waals surface area contributed by atoms with Gasteiger partial charge in [-0.15, -0.1) is 0 Å². The van der Waals surface area contributed by atoms with Crippen LogP contribution in [0.25, 0.3) is 11.2 Å². The molecule has 0 amide bonds. The second-order valence-electron chi connectivity index (χ2n) is 5.87. The summed E-state index contributed by atoms with van der Waals surface area (Å²) in [6.07, 6.45) is 4.94. The van der Waals surface area contributed by atoms with E-state index in [0.29, 0.717) is 30.9 Å². The van der Waals surface area contributed by atoms with E-state index >= 15 is 0 Å². The SMILES string of the molecule is CC(=O)OCCCC[n+]1cn(Cc2ccccc2)c2c(=O)[nH]cnc21. The number of aryl methyl sites for hydroxylation is 1. The fourth-order valence-electron chi connectivity index (χ4n) is 2.80. The van der Waals surface area contributed by atoms with Gasteiger partial charge in [-0.1, -0.05) is 35.3 Å². The molecule has 3 aromatic rings. The Morgan fingerprint density at radius 2 is 2.08 bits per heavy atom. The molecule has 0 radical (unpaired) electrons. The molecule has 1 N–H and O–H groups in total. The molecule has 25 heavy (non-hydrogen) atoms. The number of nitrogens with zero attached hydrogens (tertiary/aromatic N) is 3. The van der Waals surface area contributed by atoms with Crippen molar-refractivity contribution in [1.82, 2.24) is 14.5 Å². The van der Waals surface area contributed by atoms with E-state index in [1.807, 2.05) is 45.8 Å². The van der Waals surface area contributed by atoms with Crippen LogP contribution in [0.4, 0.5) is 0 Å². The molecule has 3 rings (SSSR count). The number of nitrogens with one attached hydrogen (secondary N) is 1. The van der Waals surface area contributed by atoms with Crippen molar-refractivity contribution in [2.45, 2.75) is 32.9 Å². The molecule has 1 aromatic carbocycles. The van der Waals surface area contributed by atoms with Gasteiger partial charge >= 0.3 is 11.6 Å². The molecule has 2 aromatic heterocycles. The summed E-state index contributed by atoms with van der Waals surface area (Å²) in [5, 5.41) is 0. The van der Waals surface area contributed by atoms with Crippen LogP contribution in [-0.4, -0.2) is 27.1 Å². The Balaban J connectivity index is 1.81. The van der Waals surface area contributed by atoms with Crippen molar-refractivity contribution in [3.05, 3.63) is 58.9 Å². The molecule has 130 valence electrons. The Kier molecular flexibility index (Phi) is 5.23. The molecule has 0 aliphatic heterocycles. The van der Waals surface area contributed by atoms with Crippen LogP contribution < -0.4 is 10.1 Å². The number of aromatic amines is 1. The van der Waals surface area contributed by atoms with Crippen molar-refractivity contribution in [3.8, 4) is 0 Å². The number of unbranched alkanes of at least 4 members (excludes halogenated alkanes) is 1. The van der Waals surface area contributed by atoms with Gasteiger partial charge in [0.25, 0.3) is 5.56 Å². The third kappa shape index (κ3) is 4.12. The summed E-state index contributed by atoms with van der Waals surface area (Å²) in [6.45, 7) is 3.12. The monoisotopic (exact) mass is 341 g/mol. The second kappa shape index (κ2) is 7.74. The summed E-state index contributed by atoms with van der Waals surface area (Å²) in [5.74, 6) is -0.264. The predicted molar refractivity (Wildman–Crippen MR) is 92.0 cm³/mol. The number of carbonyl (C=O) groups is 1. The molecule has 0 aliphatic carbocycles. The minimum Gasteiger partial charge on any atom is -0.466 e. The van der Waals surface area contributed by atoms with Crippen LogP contribution >= 0.6 is 0 Å². The Morgan fingerprint density at radius 3 is 2.84 bits per heavy atom. The number of imidazole rings is 1. The van der Waals surface area contributed by atoms with E-state index in [4.69, 9.17) is 4.74 Å². The largest absolute Gasteiger partial charge is 0.466 e. The minimum absolute atomic E-state index is 0.153. The first-order valence-electron chi connectivity index (χ1n) is 8.28. The molecular weight excluding hydrogens is 320 g/mol. The zero-order valence-corrected chi connectivity index (χ0v) is 14.1. The van der Waals surface area contributed by atoms with Gasteiger partial charge < -0.3 is 4.74 Å². The summed E-state index contributed by atoms with van der Waals surface area (Å²) in [4.78, 5) is 30.0. The fraction of sp³-hybridized carbons (Fsp3) is 0.333. The average molecular weight is 341 g/mol. The van der Waals surface area contributed by atoms with Crippen LogP contribution in [0.5, 0.6) is 0 Å². The summed E-state index contributed by atoms with van der Waals surface area (Å²) < 4.78 is 8.84. The van der Waals surface area contributed by atoms with Crippen molar-refractivity contribution >= 4 is 17.1 Å². The highest BCUT2D eigenvalue weighted by Crippen LogP contribution is 2.08. The van der Waals surface area contributed by atoms with Gasteiger partial charge in [-0.3, -0.25) is 19.1 Å². The molecule has 0 saturated heterocycles. The first kappa shape index (κ1) is 16.9. The van der Waals surface area contributed by atoms with E-state index in [0.717, 1.165) is 18.4 Å². The zero-order valence-electron chi connectivity index (χ0n) is 14.1. The summed E-state index contributed by atoms with van der Waals surface area (Å²) in [6, 6.07) is 9.98. The zero-order chi connectivity index (χ0) is 17.6. The number of fused-ring (bicyclic) bond motifs is 1. The molecular formula is C18H21N4O3+. The van der Waals surface area contributed by atoms with Crippen LogP contribution in [0.15, 0.2) is 47.8 Å². The quantitative estimate of drug-likeness (QED) is 0.400. The molecule has 0 spiro atoms. The number of carbonyl (C=O) groups excluding carboxylic acids is 1. The molecule has 0 unspecified atom stereocenters. The Hall–Kier alpha value is -2.96. The van der Waals surface area contributed by atoms with Gasteiger partial charge in [0.2, 0.25) is 5.52 Å². The Morgan fingerprint density at radius 1 is 1.28 bits per heavy atom. The molecule has 0 saturated carbocycles. The van der Waals surface area contributed by atoms with Gasteiger partial charge in [0.15, 0.2) is 12.7 Å². The van der Waals surface area contributed by atoms with E-state index in [9.17, 15) is 9.59 Å². The van der Waals surface area contributed by atoms with Crippen LogP contribution in [0.3, 0.4) is 0 Å². The van der Waals surface area contributed by atoms with Crippen molar-refractivity contribution < 1.29 is 14.1 Å². The average Bonchev–Trinajstić information content (AvgIpc) is 2.94. The summed E-state index contributed by atoms with van der Waals surface area (Å²) >= 11 is 0. The van der Waals surface area contributed by atoms with Crippen LogP contribution in [0.2, 0.25) is 0 Å². The summed E-state index contributed by atoms with van der Waals surface area (Å²) in [5.41, 5.74) is 2.18. The number of rotatable bonds is 7. The van der Waals surface area contributed by atoms with E-state index in [1.165, 1.54) is 13.3 Å². The lowest BCUT2D eigenvalue weighted by Gasteiger charge is -2.01. The lowest BCUT2D eigenvalue weighted by atomic mass is 10.2. The molecule has 0 bridgehead atoms. The number of H-pyrrole nitrogens is 1. The maximum atomic E-state index is 12.3. The van der Waals surface area contributed by atoms with Crippen molar-refractivity contribution in [3.63, 3.8) is 0 Å². The number of aromatic nitrogens is 4. The number of benzene rings is 1. The molecule has 7 nitrogen and oxygen atoms in total. The number of hydrogen-bond acceptors (Lipinski definition) is 4. The molecule has 2 heterocycles. The van der Waals surface area contributed by atoms with Gasteiger partial charge in [-0.25, -0.2) is 4.57 Å². The normalized spacial score (nSPS) is 10.9. The van der Waals surface area contributed by atoms with E-state index in [-0.39, 0.29) is 11.5 Å². The number of ether oxygens (including phenoxy) is 1. The number of hydrogen-bond donors (Lipinski definition) is 1. The predicted octanol–water partition coefficient (Wildman–Crippen LogP) is 1.40. The van der Waals surface area contributed by atoms with Crippen molar-refractivity contribution in [1.29, 1.82) is 0 Å². The van der Waals surface area contributed by atoms with Crippen LogP contribution in [0, 0.1) is 0 Å². The molecule has 0 atom stereocenters. The third-order valence-corrected chi connectivity index (χ3v) is 3.94. The van der Waals surface area contributed by atoms with Gasteiger partial charge in [0.05, 0.1) is 19.7 Å². The first-order chi connectivity index (χ1) is 12.1. The highest BCUT2D eigenvalue weighted by Gasteiger charge is 2.19. The Labute approximate surface area is 144 Å².